The summed E-state index contributed by atoms with van der Waals surface area (Å²) in [5.74, 6) is 0.503. The third-order valence-electron chi connectivity index (χ3n) is 2.34. The molecule has 1 rings (SSSR count). The van der Waals surface area contributed by atoms with E-state index in [1.807, 2.05) is 12.1 Å². The molecule has 0 aliphatic rings. The summed E-state index contributed by atoms with van der Waals surface area (Å²) in [5, 5.41) is 17.6. The van der Waals surface area contributed by atoms with Crippen LogP contribution in [0.4, 0.5) is 0 Å². The van der Waals surface area contributed by atoms with E-state index in [2.05, 4.69) is 18.8 Å². The fourth-order valence-corrected chi connectivity index (χ4v) is 1.64. The number of hydrogen-bond acceptors (Lipinski definition) is 3. The molecule has 0 N–H and O–H groups in total. The van der Waals surface area contributed by atoms with Crippen LogP contribution >= 0.6 is 0 Å². The zero-order valence-corrected chi connectivity index (χ0v) is 9.06. The maximum atomic E-state index is 8.90. The maximum Gasteiger partial charge on any atom is 0.176 e. The average Bonchev–Trinajstić information content (AvgIpc) is 2.60. The molecule has 1 unspecified atom stereocenters. The predicted molar refractivity (Wildman–Crippen MR) is 55.7 cm³/mol. The highest BCUT2D eigenvalue weighted by atomic mass is 15.1. The van der Waals surface area contributed by atoms with Crippen LogP contribution in [0.5, 0.6) is 0 Å². The summed E-state index contributed by atoms with van der Waals surface area (Å²) in [5.41, 5.74) is 0.599. The summed E-state index contributed by atoms with van der Waals surface area (Å²) in [6.45, 7) is 5.03. The Bertz CT molecular complexity index is 405. The molecule has 0 saturated carbocycles. The first kappa shape index (κ1) is 11.3. The Balaban J connectivity index is 2.83. The lowest BCUT2D eigenvalue weighted by Crippen LogP contribution is -2.08. The Morgan fingerprint density at radius 3 is 2.73 bits per heavy atom. The van der Waals surface area contributed by atoms with Gasteiger partial charge in [0.25, 0.3) is 0 Å². The lowest BCUT2D eigenvalue weighted by molar-refractivity contribution is 0.443. The van der Waals surface area contributed by atoms with Gasteiger partial charge in [-0.1, -0.05) is 20.3 Å². The van der Waals surface area contributed by atoms with Crippen molar-refractivity contribution in [3.63, 3.8) is 0 Å². The normalized spacial score (nSPS) is 11.7. The van der Waals surface area contributed by atoms with Gasteiger partial charge in [0, 0.05) is 6.54 Å². The fraction of sp³-hybridized carbons (Fsp3) is 0.545. The van der Waals surface area contributed by atoms with Crippen LogP contribution in [0.2, 0.25) is 0 Å². The van der Waals surface area contributed by atoms with Crippen molar-refractivity contribution in [1.29, 1.82) is 10.5 Å². The summed E-state index contributed by atoms with van der Waals surface area (Å²) in [4.78, 5) is 3.90. The van der Waals surface area contributed by atoms with Crippen LogP contribution in [-0.4, -0.2) is 9.55 Å². The van der Waals surface area contributed by atoms with E-state index in [1.54, 1.807) is 10.9 Å². The van der Waals surface area contributed by atoms with Crippen LogP contribution in [0.25, 0.3) is 0 Å². The summed E-state index contributed by atoms with van der Waals surface area (Å²) >= 11 is 0. The molecule has 1 atom stereocenters. The standard InChI is InChI=1S/C11H14N4/c1-3-4-9(2)7-15-8-14-10(5-12)11(15)6-13/h8-9H,3-4,7H2,1-2H3. The second-order valence-corrected chi connectivity index (χ2v) is 3.71. The number of hydrogen-bond donors (Lipinski definition) is 0. The van der Waals surface area contributed by atoms with Gasteiger partial charge in [0.1, 0.15) is 12.1 Å². The van der Waals surface area contributed by atoms with Gasteiger partial charge in [-0.25, -0.2) is 4.98 Å². The van der Waals surface area contributed by atoms with E-state index < -0.39 is 0 Å². The minimum absolute atomic E-state index is 0.223. The number of imidazole rings is 1. The molecule has 0 spiro atoms. The fourth-order valence-electron chi connectivity index (χ4n) is 1.64. The predicted octanol–water partition coefficient (Wildman–Crippen LogP) is 2.06. The van der Waals surface area contributed by atoms with Crippen molar-refractivity contribution in [2.24, 2.45) is 5.92 Å². The van der Waals surface area contributed by atoms with E-state index in [9.17, 15) is 0 Å². The third kappa shape index (κ3) is 2.57. The topological polar surface area (TPSA) is 65.4 Å². The molecule has 4 nitrogen and oxygen atoms in total. The lowest BCUT2D eigenvalue weighted by Gasteiger charge is -2.10. The van der Waals surface area contributed by atoms with E-state index in [0.29, 0.717) is 11.6 Å². The van der Waals surface area contributed by atoms with Crippen molar-refractivity contribution in [1.82, 2.24) is 9.55 Å². The van der Waals surface area contributed by atoms with Crippen molar-refractivity contribution < 1.29 is 0 Å². The van der Waals surface area contributed by atoms with E-state index in [4.69, 9.17) is 10.5 Å². The largest absolute Gasteiger partial charge is 0.321 e. The van der Waals surface area contributed by atoms with E-state index in [1.165, 1.54) is 0 Å². The lowest BCUT2D eigenvalue weighted by atomic mass is 10.1. The quantitative estimate of drug-likeness (QED) is 0.750. The second-order valence-electron chi connectivity index (χ2n) is 3.71. The molecule has 0 bridgehead atoms. The SMILES string of the molecule is CCCC(C)Cn1cnc(C#N)c1C#N. The molecular formula is C11H14N4. The summed E-state index contributed by atoms with van der Waals surface area (Å²) < 4.78 is 1.76. The van der Waals surface area contributed by atoms with Gasteiger partial charge in [-0.05, 0) is 12.3 Å². The zero-order valence-electron chi connectivity index (χ0n) is 9.06. The highest BCUT2D eigenvalue weighted by molar-refractivity contribution is 5.35. The molecule has 0 fully saturated rings. The number of nitrogens with zero attached hydrogens (tertiary/aromatic N) is 4. The molecule has 1 heterocycles. The van der Waals surface area contributed by atoms with Gasteiger partial charge in [-0.2, -0.15) is 10.5 Å². The Morgan fingerprint density at radius 2 is 2.20 bits per heavy atom. The highest BCUT2D eigenvalue weighted by Gasteiger charge is 2.11. The molecule has 1 aromatic rings. The van der Waals surface area contributed by atoms with Crippen LogP contribution in [0, 0.1) is 28.6 Å². The maximum absolute atomic E-state index is 8.90. The Labute approximate surface area is 89.8 Å². The first-order valence-electron chi connectivity index (χ1n) is 5.08. The monoisotopic (exact) mass is 202 g/mol. The van der Waals surface area contributed by atoms with Crippen molar-refractivity contribution in [2.75, 3.05) is 0 Å². The van der Waals surface area contributed by atoms with Crippen molar-refractivity contribution >= 4 is 0 Å². The number of aromatic nitrogens is 2. The van der Waals surface area contributed by atoms with Crippen molar-refractivity contribution in [3.05, 3.63) is 17.7 Å². The van der Waals surface area contributed by atoms with Crippen LogP contribution in [0.1, 0.15) is 38.1 Å². The highest BCUT2D eigenvalue weighted by Crippen LogP contribution is 2.12. The molecule has 0 amide bonds. The van der Waals surface area contributed by atoms with Crippen LogP contribution in [0.3, 0.4) is 0 Å². The van der Waals surface area contributed by atoms with E-state index in [-0.39, 0.29) is 5.69 Å². The average molecular weight is 202 g/mol. The first-order chi connectivity index (χ1) is 7.22. The zero-order chi connectivity index (χ0) is 11.3. The van der Waals surface area contributed by atoms with Gasteiger partial charge < -0.3 is 4.57 Å². The molecular weight excluding hydrogens is 188 g/mol. The molecule has 0 saturated heterocycles. The van der Waals surface area contributed by atoms with Gasteiger partial charge >= 0.3 is 0 Å². The summed E-state index contributed by atoms with van der Waals surface area (Å²) in [6, 6.07) is 3.94. The van der Waals surface area contributed by atoms with Gasteiger partial charge in [0.05, 0.1) is 6.33 Å². The molecule has 4 heteroatoms. The Hall–Kier alpha value is -1.81. The third-order valence-corrected chi connectivity index (χ3v) is 2.34. The molecule has 1 aromatic heterocycles. The molecule has 15 heavy (non-hydrogen) atoms. The summed E-state index contributed by atoms with van der Waals surface area (Å²) in [7, 11) is 0. The van der Waals surface area contributed by atoms with E-state index >= 15 is 0 Å². The Kier molecular flexibility index (Phi) is 3.88. The van der Waals surface area contributed by atoms with Crippen LogP contribution in [0.15, 0.2) is 6.33 Å². The molecule has 0 aliphatic heterocycles. The minimum Gasteiger partial charge on any atom is -0.321 e. The van der Waals surface area contributed by atoms with Gasteiger partial charge in [-0.15, -0.1) is 0 Å². The van der Waals surface area contributed by atoms with Crippen molar-refractivity contribution in [3.8, 4) is 12.1 Å². The Morgan fingerprint density at radius 1 is 1.47 bits per heavy atom. The minimum atomic E-state index is 0.223. The number of nitriles is 2. The van der Waals surface area contributed by atoms with Crippen LogP contribution < -0.4 is 0 Å². The first-order valence-corrected chi connectivity index (χ1v) is 5.08. The van der Waals surface area contributed by atoms with E-state index in [0.717, 1.165) is 19.4 Å². The van der Waals surface area contributed by atoms with Crippen molar-refractivity contribution in [2.45, 2.75) is 33.2 Å². The molecule has 78 valence electrons. The smallest absolute Gasteiger partial charge is 0.176 e. The summed E-state index contributed by atoms with van der Waals surface area (Å²) in [6.07, 6.45) is 3.82. The number of rotatable bonds is 4. The van der Waals surface area contributed by atoms with Gasteiger partial charge in [0.2, 0.25) is 0 Å². The molecule has 0 radical (unpaired) electrons. The van der Waals surface area contributed by atoms with Gasteiger partial charge in [0.15, 0.2) is 11.4 Å². The molecule has 0 aromatic carbocycles. The second kappa shape index (κ2) is 5.17. The van der Waals surface area contributed by atoms with Crippen LogP contribution in [-0.2, 0) is 6.54 Å². The van der Waals surface area contributed by atoms with Gasteiger partial charge in [-0.3, -0.25) is 0 Å². The molecule has 0 aliphatic carbocycles.